The highest BCUT2D eigenvalue weighted by Gasteiger charge is 2.13. The fourth-order valence-corrected chi connectivity index (χ4v) is 3.17. The number of carboxylic acids is 2. The molecule has 26 heavy (non-hydrogen) atoms. The van der Waals surface area contributed by atoms with E-state index in [4.69, 9.17) is 10.2 Å². The average molecular weight is 379 g/mol. The molecule has 3 N–H and O–H groups in total. The van der Waals surface area contributed by atoms with E-state index in [9.17, 15) is 18.0 Å². The summed E-state index contributed by atoms with van der Waals surface area (Å²) >= 11 is 0. The van der Waals surface area contributed by atoms with Gasteiger partial charge in [-0.3, -0.25) is 0 Å². The number of aromatic carboxylic acids is 2. The monoisotopic (exact) mass is 379 g/mol. The van der Waals surface area contributed by atoms with Gasteiger partial charge in [-0.1, -0.05) is 31.2 Å². The summed E-state index contributed by atoms with van der Waals surface area (Å²) in [6.07, 6.45) is 0.798. The second kappa shape index (κ2) is 9.69. The smallest absolute Gasteiger partial charge is 0.335 e. The molecule has 0 fully saturated rings. The summed E-state index contributed by atoms with van der Waals surface area (Å²) in [6.45, 7) is 3.89. The Kier molecular flexibility index (Phi) is 7.95. The molecule has 0 atom stereocenters. The molecule has 140 valence electrons. The van der Waals surface area contributed by atoms with E-state index < -0.39 is 22.0 Å². The third kappa shape index (κ3) is 5.98. The van der Waals surface area contributed by atoms with E-state index in [0.29, 0.717) is 11.4 Å². The summed E-state index contributed by atoms with van der Waals surface area (Å²) in [5.74, 6) is -2.22. The van der Waals surface area contributed by atoms with Gasteiger partial charge in [0.1, 0.15) is 0 Å². The minimum absolute atomic E-state index is 0.0277. The second-order valence-electron chi connectivity index (χ2n) is 5.30. The van der Waals surface area contributed by atoms with Crippen LogP contribution in [0.1, 0.15) is 39.6 Å². The van der Waals surface area contributed by atoms with E-state index in [0.717, 1.165) is 6.42 Å². The molecule has 0 aliphatic rings. The number of rotatable bonds is 6. The van der Waals surface area contributed by atoms with Crippen molar-refractivity contribution >= 4 is 22.0 Å². The Morgan fingerprint density at radius 1 is 0.923 bits per heavy atom. The van der Waals surface area contributed by atoms with Gasteiger partial charge >= 0.3 is 11.9 Å². The Bertz CT molecular complexity index is 830. The Hall–Kier alpha value is -2.71. The lowest BCUT2D eigenvalue weighted by molar-refractivity contribution is 0.0696. The van der Waals surface area contributed by atoms with Gasteiger partial charge in [-0.15, -0.1) is 0 Å². The lowest BCUT2D eigenvalue weighted by Crippen LogP contribution is -2.24. The molecule has 0 aliphatic carbocycles. The lowest BCUT2D eigenvalue weighted by Gasteiger charge is -2.04. The fourth-order valence-electron chi connectivity index (χ4n) is 2.02. The minimum atomic E-state index is -3.27. The van der Waals surface area contributed by atoms with Crippen molar-refractivity contribution in [3.63, 3.8) is 0 Å². The Labute approximate surface area is 152 Å². The van der Waals surface area contributed by atoms with Gasteiger partial charge in [0.15, 0.2) is 0 Å². The minimum Gasteiger partial charge on any atom is -0.478 e. The van der Waals surface area contributed by atoms with Crippen molar-refractivity contribution in [3.8, 4) is 0 Å². The highest BCUT2D eigenvalue weighted by molar-refractivity contribution is 7.89. The van der Waals surface area contributed by atoms with Crippen LogP contribution in [0, 0.1) is 6.92 Å². The van der Waals surface area contributed by atoms with Crippen LogP contribution in [-0.2, 0) is 10.0 Å². The largest absolute Gasteiger partial charge is 0.478 e. The molecule has 0 radical (unpaired) electrons. The molecule has 0 heterocycles. The summed E-state index contributed by atoms with van der Waals surface area (Å²) in [5, 5.41) is 17.4. The van der Waals surface area contributed by atoms with Gasteiger partial charge < -0.3 is 10.2 Å². The topological polar surface area (TPSA) is 121 Å². The second-order valence-corrected chi connectivity index (χ2v) is 7.07. The summed E-state index contributed by atoms with van der Waals surface area (Å²) < 4.78 is 25.5. The normalized spacial score (nSPS) is 10.5. The Morgan fingerprint density at radius 2 is 1.42 bits per heavy atom. The molecular formula is C18H21NO6S. The Balaban J connectivity index is 0.000000260. The van der Waals surface area contributed by atoms with Crippen molar-refractivity contribution in [2.24, 2.45) is 0 Å². The van der Waals surface area contributed by atoms with Crippen molar-refractivity contribution in [2.45, 2.75) is 25.2 Å². The van der Waals surface area contributed by atoms with Crippen LogP contribution in [0.25, 0.3) is 0 Å². The number of hydrogen-bond acceptors (Lipinski definition) is 4. The average Bonchev–Trinajstić information content (AvgIpc) is 2.61. The quantitative estimate of drug-likeness (QED) is 0.710. The van der Waals surface area contributed by atoms with Gasteiger partial charge in [-0.05, 0) is 43.2 Å². The van der Waals surface area contributed by atoms with Crippen LogP contribution in [0.2, 0.25) is 0 Å². The van der Waals surface area contributed by atoms with Gasteiger partial charge in [-0.2, -0.15) is 0 Å². The summed E-state index contributed by atoms with van der Waals surface area (Å²) in [5.41, 5.74) is 0.335. The van der Waals surface area contributed by atoms with E-state index in [1.54, 1.807) is 30.3 Å². The first-order chi connectivity index (χ1) is 12.2. The molecular weight excluding hydrogens is 358 g/mol. The molecule has 8 heteroatoms. The highest BCUT2D eigenvalue weighted by Crippen LogP contribution is 2.13. The third-order valence-corrected chi connectivity index (χ3v) is 4.87. The maximum Gasteiger partial charge on any atom is 0.335 e. The standard InChI is InChI=1S/C9H13NO2S.C9H8O4/c1-2-8-10-13(11,12)9-6-4-3-5-7-9;1-5-6(8(10)11)3-2-4-7(5)9(12)13/h3-7,10H,2,8H2,1H3;2-4H,1H3,(H,10,11)(H,12,13). The molecule has 0 unspecified atom stereocenters. The van der Waals surface area contributed by atoms with E-state index >= 15 is 0 Å². The van der Waals surface area contributed by atoms with Crippen LogP contribution in [-0.4, -0.2) is 37.1 Å². The van der Waals surface area contributed by atoms with Gasteiger partial charge in [0, 0.05) is 6.54 Å². The molecule has 2 aromatic carbocycles. The lowest BCUT2D eigenvalue weighted by atomic mass is 10.0. The van der Waals surface area contributed by atoms with E-state index in [2.05, 4.69) is 4.72 Å². The van der Waals surface area contributed by atoms with Crippen molar-refractivity contribution in [2.75, 3.05) is 6.54 Å². The van der Waals surface area contributed by atoms with Crippen LogP contribution < -0.4 is 4.72 Å². The molecule has 2 aromatic rings. The molecule has 2 rings (SSSR count). The molecule has 0 amide bonds. The van der Waals surface area contributed by atoms with Crippen LogP contribution in [0.15, 0.2) is 53.4 Å². The maximum absolute atomic E-state index is 11.5. The zero-order valence-corrected chi connectivity index (χ0v) is 15.3. The van der Waals surface area contributed by atoms with Gasteiger partial charge in [0.2, 0.25) is 10.0 Å². The molecule has 0 aromatic heterocycles. The molecule has 0 bridgehead atoms. The summed E-state index contributed by atoms with van der Waals surface area (Å²) in [4.78, 5) is 21.5. The fraction of sp³-hybridized carbons (Fsp3) is 0.222. The number of nitrogens with one attached hydrogen (secondary N) is 1. The molecule has 0 saturated heterocycles. The van der Waals surface area contributed by atoms with Crippen LogP contribution in [0.5, 0.6) is 0 Å². The van der Waals surface area contributed by atoms with Crippen molar-refractivity contribution in [1.29, 1.82) is 0 Å². The molecule has 0 spiro atoms. The Morgan fingerprint density at radius 3 is 1.85 bits per heavy atom. The molecule has 0 aliphatic heterocycles. The SMILES string of the molecule is CCCNS(=O)(=O)c1ccccc1.Cc1c(C(=O)O)cccc1C(=O)O. The van der Waals surface area contributed by atoms with Gasteiger partial charge in [-0.25, -0.2) is 22.7 Å². The number of benzene rings is 2. The molecule has 7 nitrogen and oxygen atoms in total. The predicted octanol–water partition coefficient (Wildman–Crippen LogP) is 2.77. The van der Waals surface area contributed by atoms with E-state index in [1.807, 2.05) is 6.92 Å². The first-order valence-corrected chi connectivity index (χ1v) is 9.30. The summed E-state index contributed by atoms with van der Waals surface area (Å²) in [6, 6.07) is 12.5. The van der Waals surface area contributed by atoms with Crippen LogP contribution in [0.3, 0.4) is 0 Å². The van der Waals surface area contributed by atoms with Crippen molar-refractivity contribution < 1.29 is 28.2 Å². The van der Waals surface area contributed by atoms with E-state index in [-0.39, 0.29) is 16.7 Å². The van der Waals surface area contributed by atoms with Gasteiger partial charge in [0.25, 0.3) is 0 Å². The van der Waals surface area contributed by atoms with Crippen molar-refractivity contribution in [3.05, 3.63) is 65.2 Å². The first kappa shape index (κ1) is 21.3. The van der Waals surface area contributed by atoms with E-state index in [1.165, 1.54) is 25.1 Å². The van der Waals surface area contributed by atoms with Gasteiger partial charge in [0.05, 0.1) is 16.0 Å². The predicted molar refractivity (Wildman–Crippen MR) is 97.0 cm³/mol. The number of carboxylic acid groups (broad SMARTS) is 2. The number of sulfonamides is 1. The third-order valence-electron chi connectivity index (χ3n) is 3.39. The highest BCUT2D eigenvalue weighted by atomic mass is 32.2. The van der Waals surface area contributed by atoms with Crippen molar-refractivity contribution in [1.82, 2.24) is 4.72 Å². The maximum atomic E-state index is 11.5. The van der Waals surface area contributed by atoms with Crippen LogP contribution in [0.4, 0.5) is 0 Å². The first-order valence-electron chi connectivity index (χ1n) is 7.81. The zero-order valence-electron chi connectivity index (χ0n) is 14.5. The number of carbonyl (C=O) groups is 2. The summed E-state index contributed by atoms with van der Waals surface area (Å²) in [7, 11) is -3.27. The zero-order chi connectivity index (χ0) is 19.7. The number of hydrogen-bond donors (Lipinski definition) is 3. The molecule has 0 saturated carbocycles. The van der Waals surface area contributed by atoms with Crippen LogP contribution >= 0.6 is 0 Å².